The van der Waals surface area contributed by atoms with Gasteiger partial charge in [-0.15, -0.1) is 0 Å². The van der Waals surface area contributed by atoms with Gasteiger partial charge >= 0.3 is 10.2 Å². The summed E-state index contributed by atoms with van der Waals surface area (Å²) in [5.74, 6) is -1.01. The fraction of sp³-hybridized carbons (Fsp3) is 0.273. The van der Waals surface area contributed by atoms with Gasteiger partial charge in [0.05, 0.1) is 5.52 Å². The van der Waals surface area contributed by atoms with E-state index < -0.39 is 26.0 Å². The summed E-state index contributed by atoms with van der Waals surface area (Å²) in [5.41, 5.74) is -0.0965. The molecule has 0 unspecified atom stereocenters. The Bertz CT molecular complexity index is 944. The fourth-order valence-corrected chi connectivity index (χ4v) is 2.98. The molecule has 1 amide bonds. The number of nitrogens with zero attached hydrogens (tertiary/aromatic N) is 3. The molecule has 0 atom stereocenters. The van der Waals surface area contributed by atoms with Crippen LogP contribution in [0.4, 0.5) is 0 Å². The van der Waals surface area contributed by atoms with E-state index in [1.165, 1.54) is 30.8 Å². The summed E-state index contributed by atoms with van der Waals surface area (Å²) >= 11 is 0. The summed E-state index contributed by atoms with van der Waals surface area (Å²) in [7, 11) is -5.19. The van der Waals surface area contributed by atoms with Gasteiger partial charge in [0.15, 0.2) is 5.69 Å². The maximum absolute atomic E-state index is 12.1. The summed E-state index contributed by atoms with van der Waals surface area (Å²) in [4.78, 5) is 15.9. The number of pyridine rings is 1. The molecule has 0 bridgehead atoms. The Morgan fingerprint density at radius 3 is 2.41 bits per heavy atom. The molecule has 2 heterocycles. The first kappa shape index (κ1) is 16.4. The van der Waals surface area contributed by atoms with Crippen LogP contribution in [-0.2, 0) is 20.0 Å². The number of aromatic nitrogens is 2. The van der Waals surface area contributed by atoms with Gasteiger partial charge in [-0.2, -0.15) is 12.7 Å². The largest absolute Gasteiger partial charge is 0.303 e. The predicted octanol–water partition coefficient (Wildman–Crippen LogP) is -0.726. The van der Waals surface area contributed by atoms with Gasteiger partial charge in [0.1, 0.15) is 0 Å². The van der Waals surface area contributed by atoms with Crippen LogP contribution in [0, 0.1) is 0 Å². The van der Waals surface area contributed by atoms with E-state index in [1.807, 2.05) is 4.72 Å². The molecule has 2 rings (SSSR count). The first-order chi connectivity index (χ1) is 10.0. The van der Waals surface area contributed by atoms with Gasteiger partial charge in [-0.05, 0) is 12.1 Å². The van der Waals surface area contributed by atoms with E-state index in [1.54, 1.807) is 12.1 Å². The standard InChI is InChI=1S/C11H14N4O5S2/c1-14(2)22(19,20)13-10(16)9-8-6-4-5-7-15(8)11(12-9)21(3,17)18/h4-7H,1-3H3,(H,13,16). The van der Waals surface area contributed by atoms with Crippen molar-refractivity contribution in [1.29, 1.82) is 0 Å². The molecule has 0 fully saturated rings. The van der Waals surface area contributed by atoms with Gasteiger partial charge in [0, 0.05) is 26.5 Å². The number of rotatable bonds is 4. The molecule has 0 spiro atoms. The summed E-state index contributed by atoms with van der Waals surface area (Å²) in [6, 6.07) is 4.63. The van der Waals surface area contributed by atoms with Crippen LogP contribution < -0.4 is 4.72 Å². The zero-order chi connectivity index (χ0) is 16.7. The van der Waals surface area contributed by atoms with Crippen molar-refractivity contribution in [2.75, 3.05) is 20.4 Å². The number of carbonyl (C=O) groups excluding carboxylic acids is 1. The van der Waals surface area contributed by atoms with Gasteiger partial charge in [-0.3, -0.25) is 9.20 Å². The molecule has 0 aliphatic rings. The Labute approximate surface area is 127 Å². The topological polar surface area (TPSA) is 118 Å². The summed E-state index contributed by atoms with van der Waals surface area (Å²) in [5, 5.41) is -0.337. The average molecular weight is 346 g/mol. The minimum Gasteiger partial charge on any atom is -0.290 e. The zero-order valence-corrected chi connectivity index (χ0v) is 13.6. The maximum Gasteiger partial charge on any atom is 0.303 e. The molecule has 11 heteroatoms. The van der Waals surface area contributed by atoms with E-state index in [4.69, 9.17) is 0 Å². The summed E-state index contributed by atoms with van der Waals surface area (Å²) in [6.45, 7) is 0. The molecule has 1 N–H and O–H groups in total. The number of fused-ring (bicyclic) bond motifs is 1. The van der Waals surface area contributed by atoms with Crippen LogP contribution >= 0.6 is 0 Å². The molecule has 0 radical (unpaired) electrons. The second-order valence-corrected chi connectivity index (χ2v) is 8.48. The summed E-state index contributed by atoms with van der Waals surface area (Å²) in [6.07, 6.45) is 2.38. The fourth-order valence-electron chi connectivity index (χ4n) is 1.70. The summed E-state index contributed by atoms with van der Waals surface area (Å²) < 4.78 is 50.7. The van der Waals surface area contributed by atoms with Crippen molar-refractivity contribution in [2.24, 2.45) is 0 Å². The highest BCUT2D eigenvalue weighted by Gasteiger charge is 2.26. The van der Waals surface area contributed by atoms with E-state index in [0.29, 0.717) is 0 Å². The second-order valence-electron chi connectivity index (χ2n) is 4.69. The van der Waals surface area contributed by atoms with E-state index in [0.717, 1.165) is 10.6 Å². The Morgan fingerprint density at radius 2 is 1.86 bits per heavy atom. The molecule has 2 aromatic heterocycles. The van der Waals surface area contributed by atoms with E-state index >= 15 is 0 Å². The highest BCUT2D eigenvalue weighted by Crippen LogP contribution is 2.17. The van der Waals surface area contributed by atoms with Crippen molar-refractivity contribution < 1.29 is 21.6 Å². The van der Waals surface area contributed by atoms with Crippen LogP contribution in [0.5, 0.6) is 0 Å². The number of imidazole rings is 1. The van der Waals surface area contributed by atoms with Gasteiger partial charge in [-0.25, -0.2) is 18.1 Å². The van der Waals surface area contributed by atoms with Crippen molar-refractivity contribution in [2.45, 2.75) is 5.16 Å². The Morgan fingerprint density at radius 1 is 1.23 bits per heavy atom. The quantitative estimate of drug-likeness (QED) is 0.780. The molecule has 0 aliphatic heterocycles. The van der Waals surface area contributed by atoms with Gasteiger partial charge < -0.3 is 0 Å². The normalized spacial score (nSPS) is 12.7. The lowest BCUT2D eigenvalue weighted by Crippen LogP contribution is -2.39. The zero-order valence-electron chi connectivity index (χ0n) is 12.0. The van der Waals surface area contributed by atoms with Crippen LogP contribution in [-0.4, -0.2) is 56.8 Å². The molecular formula is C11H14N4O5S2. The van der Waals surface area contributed by atoms with E-state index in [9.17, 15) is 21.6 Å². The molecule has 9 nitrogen and oxygen atoms in total. The third-order valence-corrected chi connectivity index (χ3v) is 5.12. The highest BCUT2D eigenvalue weighted by atomic mass is 32.2. The van der Waals surface area contributed by atoms with Gasteiger partial charge in [-0.1, -0.05) is 6.07 Å². The Kier molecular flexibility index (Phi) is 3.98. The second kappa shape index (κ2) is 5.34. The van der Waals surface area contributed by atoms with Gasteiger partial charge in [0.2, 0.25) is 15.0 Å². The molecular weight excluding hydrogens is 332 g/mol. The monoisotopic (exact) mass is 346 g/mol. The Balaban J connectivity index is 2.60. The average Bonchev–Trinajstić information content (AvgIpc) is 2.77. The van der Waals surface area contributed by atoms with Crippen LogP contribution in [0.2, 0.25) is 0 Å². The van der Waals surface area contributed by atoms with Crippen molar-refractivity contribution in [3.8, 4) is 0 Å². The maximum atomic E-state index is 12.1. The number of nitrogens with one attached hydrogen (secondary N) is 1. The molecule has 0 aliphatic carbocycles. The molecule has 120 valence electrons. The first-order valence-electron chi connectivity index (χ1n) is 5.96. The molecule has 22 heavy (non-hydrogen) atoms. The minimum atomic E-state index is -4.01. The predicted molar refractivity (Wildman–Crippen MR) is 78.4 cm³/mol. The first-order valence-corrected chi connectivity index (χ1v) is 9.29. The highest BCUT2D eigenvalue weighted by molar-refractivity contribution is 7.90. The molecule has 0 aromatic carbocycles. The Hall–Kier alpha value is -1.98. The van der Waals surface area contributed by atoms with Crippen molar-refractivity contribution in [3.05, 3.63) is 30.1 Å². The van der Waals surface area contributed by atoms with E-state index in [2.05, 4.69) is 4.98 Å². The van der Waals surface area contributed by atoms with E-state index in [-0.39, 0.29) is 16.4 Å². The lowest BCUT2D eigenvalue weighted by Gasteiger charge is -2.11. The minimum absolute atomic E-state index is 0.189. The SMILES string of the molecule is CN(C)S(=O)(=O)NC(=O)c1nc(S(C)(=O)=O)n2ccccc12. The smallest absolute Gasteiger partial charge is 0.290 e. The number of carbonyl (C=O) groups is 1. The molecule has 0 saturated carbocycles. The third-order valence-electron chi connectivity index (χ3n) is 2.77. The number of sulfone groups is 1. The van der Waals surface area contributed by atoms with Crippen LogP contribution in [0.15, 0.2) is 29.6 Å². The van der Waals surface area contributed by atoms with Gasteiger partial charge in [0.25, 0.3) is 5.91 Å². The lowest BCUT2D eigenvalue weighted by atomic mass is 10.3. The number of hydrogen-bond donors (Lipinski definition) is 1. The molecule has 2 aromatic rings. The van der Waals surface area contributed by atoms with Crippen LogP contribution in [0.1, 0.15) is 10.5 Å². The number of hydrogen-bond acceptors (Lipinski definition) is 6. The molecule has 0 saturated heterocycles. The third kappa shape index (κ3) is 2.96. The lowest BCUT2D eigenvalue weighted by molar-refractivity contribution is 0.0976. The van der Waals surface area contributed by atoms with Crippen LogP contribution in [0.25, 0.3) is 5.52 Å². The van der Waals surface area contributed by atoms with Crippen molar-refractivity contribution >= 4 is 31.5 Å². The van der Waals surface area contributed by atoms with Crippen LogP contribution in [0.3, 0.4) is 0 Å². The van der Waals surface area contributed by atoms with Crippen molar-refractivity contribution in [3.63, 3.8) is 0 Å². The number of amides is 1. The van der Waals surface area contributed by atoms with Crippen molar-refractivity contribution in [1.82, 2.24) is 18.4 Å².